The van der Waals surface area contributed by atoms with Crippen molar-refractivity contribution in [3.63, 3.8) is 0 Å². The summed E-state index contributed by atoms with van der Waals surface area (Å²) in [6.45, 7) is 15.3. The molecular formula is C16H34N4S. The SMILES string of the molecule is CCNC(=NCC(C)(C)SC)NCC1CCCN(CC)C1. The standard InChI is InChI=1S/C16H34N4S/c1-6-17-15(19-13-16(3,4)21-5)18-11-14-9-8-10-20(7-2)12-14/h14H,6-13H2,1-5H3,(H2,17,18,19). The van der Waals surface area contributed by atoms with Gasteiger partial charge in [0.15, 0.2) is 5.96 Å². The zero-order valence-corrected chi connectivity index (χ0v) is 15.4. The average molecular weight is 315 g/mol. The van der Waals surface area contributed by atoms with Crippen LogP contribution in [0.2, 0.25) is 0 Å². The number of aliphatic imine (C=N–C) groups is 1. The summed E-state index contributed by atoms with van der Waals surface area (Å²) in [6, 6.07) is 0. The van der Waals surface area contributed by atoms with Crippen molar-refractivity contribution in [2.75, 3.05) is 45.5 Å². The Kier molecular flexibility index (Phi) is 8.49. The summed E-state index contributed by atoms with van der Waals surface area (Å²) < 4.78 is 0.201. The number of nitrogens with one attached hydrogen (secondary N) is 2. The Morgan fingerprint density at radius 1 is 1.33 bits per heavy atom. The van der Waals surface area contributed by atoms with Gasteiger partial charge in [-0.15, -0.1) is 0 Å². The molecule has 0 aromatic carbocycles. The van der Waals surface area contributed by atoms with E-state index in [2.05, 4.69) is 49.5 Å². The van der Waals surface area contributed by atoms with Gasteiger partial charge in [0.25, 0.3) is 0 Å². The fourth-order valence-electron chi connectivity index (χ4n) is 2.52. The van der Waals surface area contributed by atoms with Crippen LogP contribution in [0.5, 0.6) is 0 Å². The summed E-state index contributed by atoms with van der Waals surface area (Å²) in [7, 11) is 0. The van der Waals surface area contributed by atoms with E-state index in [1.54, 1.807) is 0 Å². The van der Waals surface area contributed by atoms with Gasteiger partial charge in [0.2, 0.25) is 0 Å². The van der Waals surface area contributed by atoms with Gasteiger partial charge in [-0.2, -0.15) is 11.8 Å². The predicted octanol–water partition coefficient (Wildman–Crippen LogP) is 2.42. The third-order valence-electron chi connectivity index (χ3n) is 4.12. The van der Waals surface area contributed by atoms with Gasteiger partial charge < -0.3 is 15.5 Å². The predicted molar refractivity (Wildman–Crippen MR) is 96.4 cm³/mol. The molecule has 0 amide bonds. The minimum absolute atomic E-state index is 0.201. The first-order valence-electron chi connectivity index (χ1n) is 8.30. The van der Waals surface area contributed by atoms with Gasteiger partial charge in [0.05, 0.1) is 6.54 Å². The molecule has 1 unspecified atom stereocenters. The van der Waals surface area contributed by atoms with E-state index in [-0.39, 0.29) is 4.75 Å². The number of thioether (sulfide) groups is 1. The largest absolute Gasteiger partial charge is 0.357 e. The second-order valence-corrected chi connectivity index (χ2v) is 7.95. The second kappa shape index (κ2) is 9.57. The van der Waals surface area contributed by atoms with E-state index >= 15 is 0 Å². The van der Waals surface area contributed by atoms with Crippen molar-refractivity contribution in [1.82, 2.24) is 15.5 Å². The Balaban J connectivity index is 2.45. The first kappa shape index (κ1) is 18.6. The van der Waals surface area contributed by atoms with E-state index in [0.29, 0.717) is 0 Å². The zero-order chi connectivity index (χ0) is 15.7. The van der Waals surface area contributed by atoms with Crippen molar-refractivity contribution < 1.29 is 0 Å². The maximum Gasteiger partial charge on any atom is 0.191 e. The Morgan fingerprint density at radius 3 is 2.71 bits per heavy atom. The highest BCUT2D eigenvalue weighted by Crippen LogP contribution is 2.21. The Hall–Kier alpha value is -0.420. The molecule has 124 valence electrons. The molecule has 1 aliphatic heterocycles. The van der Waals surface area contributed by atoms with Gasteiger partial charge in [-0.25, -0.2) is 0 Å². The Bertz CT molecular complexity index is 317. The van der Waals surface area contributed by atoms with E-state index in [1.165, 1.54) is 32.5 Å². The molecule has 1 rings (SSSR count). The highest BCUT2D eigenvalue weighted by molar-refractivity contribution is 7.99. The molecule has 0 saturated carbocycles. The molecule has 0 aromatic rings. The van der Waals surface area contributed by atoms with Gasteiger partial charge in [-0.3, -0.25) is 4.99 Å². The summed E-state index contributed by atoms with van der Waals surface area (Å²) in [6.07, 6.45) is 4.81. The third kappa shape index (κ3) is 7.41. The quantitative estimate of drug-likeness (QED) is 0.559. The minimum Gasteiger partial charge on any atom is -0.357 e. The van der Waals surface area contributed by atoms with Crippen molar-refractivity contribution in [3.05, 3.63) is 0 Å². The number of guanidine groups is 1. The van der Waals surface area contributed by atoms with Crippen LogP contribution in [0.1, 0.15) is 40.5 Å². The lowest BCUT2D eigenvalue weighted by molar-refractivity contribution is 0.183. The van der Waals surface area contributed by atoms with Gasteiger partial charge in [-0.05, 0) is 58.9 Å². The molecule has 1 atom stereocenters. The lowest BCUT2D eigenvalue weighted by Crippen LogP contribution is -2.44. The molecule has 0 radical (unpaired) electrons. The Morgan fingerprint density at radius 2 is 2.10 bits per heavy atom. The van der Waals surface area contributed by atoms with Crippen molar-refractivity contribution >= 4 is 17.7 Å². The normalized spacial score (nSPS) is 21.4. The summed E-state index contributed by atoms with van der Waals surface area (Å²) in [5.74, 6) is 1.71. The van der Waals surface area contributed by atoms with Crippen molar-refractivity contribution in [2.24, 2.45) is 10.9 Å². The molecule has 1 aliphatic rings. The van der Waals surface area contributed by atoms with E-state index < -0.39 is 0 Å². The number of likely N-dealkylation sites (tertiary alicyclic amines) is 1. The fraction of sp³-hybridized carbons (Fsp3) is 0.938. The monoisotopic (exact) mass is 314 g/mol. The molecule has 2 N–H and O–H groups in total. The van der Waals surface area contributed by atoms with Crippen molar-refractivity contribution in [2.45, 2.75) is 45.3 Å². The van der Waals surface area contributed by atoms with Gasteiger partial charge in [0.1, 0.15) is 0 Å². The molecule has 0 bridgehead atoms. The van der Waals surface area contributed by atoms with E-state index in [0.717, 1.165) is 31.5 Å². The highest BCUT2D eigenvalue weighted by Gasteiger charge is 2.19. The maximum absolute atomic E-state index is 4.74. The minimum atomic E-state index is 0.201. The number of hydrogen-bond acceptors (Lipinski definition) is 3. The first-order chi connectivity index (χ1) is 10.0. The van der Waals surface area contributed by atoms with Gasteiger partial charge in [-0.1, -0.05) is 6.92 Å². The van der Waals surface area contributed by atoms with Crippen LogP contribution in [-0.4, -0.2) is 61.1 Å². The van der Waals surface area contributed by atoms with Crippen molar-refractivity contribution in [1.29, 1.82) is 0 Å². The maximum atomic E-state index is 4.74. The van der Waals surface area contributed by atoms with Crippen LogP contribution in [-0.2, 0) is 0 Å². The molecule has 21 heavy (non-hydrogen) atoms. The van der Waals surface area contributed by atoms with E-state index in [9.17, 15) is 0 Å². The van der Waals surface area contributed by atoms with E-state index in [4.69, 9.17) is 4.99 Å². The molecule has 1 fully saturated rings. The third-order valence-corrected chi connectivity index (χ3v) is 5.36. The second-order valence-electron chi connectivity index (χ2n) is 6.44. The van der Waals surface area contributed by atoms with Gasteiger partial charge >= 0.3 is 0 Å². The molecule has 1 heterocycles. The van der Waals surface area contributed by atoms with Crippen LogP contribution in [0.4, 0.5) is 0 Å². The zero-order valence-electron chi connectivity index (χ0n) is 14.5. The topological polar surface area (TPSA) is 39.7 Å². The fourth-order valence-corrected chi connectivity index (χ4v) is 2.72. The highest BCUT2D eigenvalue weighted by atomic mass is 32.2. The summed E-state index contributed by atoms with van der Waals surface area (Å²) >= 11 is 1.87. The van der Waals surface area contributed by atoms with Crippen molar-refractivity contribution in [3.8, 4) is 0 Å². The van der Waals surface area contributed by atoms with Crippen LogP contribution >= 0.6 is 11.8 Å². The number of hydrogen-bond donors (Lipinski definition) is 2. The molecule has 0 aromatic heterocycles. The molecule has 0 aliphatic carbocycles. The average Bonchev–Trinajstić information content (AvgIpc) is 2.50. The molecule has 4 nitrogen and oxygen atoms in total. The van der Waals surface area contributed by atoms with Crippen LogP contribution < -0.4 is 10.6 Å². The lowest BCUT2D eigenvalue weighted by Gasteiger charge is -2.32. The van der Waals surface area contributed by atoms with Gasteiger partial charge in [0, 0.05) is 24.4 Å². The Labute approximate surface area is 135 Å². The lowest BCUT2D eigenvalue weighted by atomic mass is 9.98. The molecule has 5 heteroatoms. The number of piperidine rings is 1. The first-order valence-corrected chi connectivity index (χ1v) is 9.53. The smallest absolute Gasteiger partial charge is 0.191 e. The number of rotatable bonds is 7. The van der Waals surface area contributed by atoms with Crippen LogP contribution in [0.15, 0.2) is 4.99 Å². The van der Waals surface area contributed by atoms with E-state index in [1.807, 2.05) is 11.8 Å². The molecule has 1 saturated heterocycles. The summed E-state index contributed by atoms with van der Waals surface area (Å²) in [5.41, 5.74) is 0. The molecular weight excluding hydrogens is 280 g/mol. The van der Waals surface area contributed by atoms with Crippen LogP contribution in [0.25, 0.3) is 0 Å². The number of nitrogens with zero attached hydrogens (tertiary/aromatic N) is 2. The summed E-state index contributed by atoms with van der Waals surface area (Å²) in [4.78, 5) is 7.29. The molecule has 0 spiro atoms. The summed E-state index contributed by atoms with van der Waals surface area (Å²) in [5, 5.41) is 6.89. The van der Waals surface area contributed by atoms with Crippen LogP contribution in [0, 0.1) is 5.92 Å². The van der Waals surface area contributed by atoms with Crippen LogP contribution in [0.3, 0.4) is 0 Å².